The number of fused-ring (bicyclic) bond motifs is 1. The van der Waals surface area contributed by atoms with Gasteiger partial charge in [-0.2, -0.15) is 0 Å². The largest absolute Gasteiger partial charge is 0.478 e. The Bertz CT molecular complexity index is 995. The fourth-order valence-electron chi connectivity index (χ4n) is 2.50. The quantitative estimate of drug-likeness (QED) is 0.613. The van der Waals surface area contributed by atoms with Crippen LogP contribution >= 0.6 is 15.9 Å². The molecule has 4 nitrogen and oxygen atoms in total. The lowest BCUT2D eigenvalue weighted by Gasteiger charge is -2.06. The molecule has 0 aliphatic rings. The lowest BCUT2D eigenvalue weighted by Crippen LogP contribution is -2.11. The minimum absolute atomic E-state index is 0.0520. The van der Waals surface area contributed by atoms with Crippen LogP contribution in [0.5, 0.6) is 0 Å². The van der Waals surface area contributed by atoms with E-state index in [2.05, 4.69) is 21.2 Å². The first-order valence-electron chi connectivity index (χ1n) is 7.55. The number of carboxylic acid groups (broad SMARTS) is 1. The minimum atomic E-state index is -1.09. The number of carbonyl (C=O) groups excluding carboxylic acids is 1. The molecule has 0 aliphatic carbocycles. The summed E-state index contributed by atoms with van der Waals surface area (Å²) in [5.41, 5.74) is 1.18. The van der Waals surface area contributed by atoms with Crippen LogP contribution < -0.4 is 5.32 Å². The van der Waals surface area contributed by atoms with E-state index in [-0.39, 0.29) is 11.3 Å². The van der Waals surface area contributed by atoms with Gasteiger partial charge in [-0.25, -0.2) is 4.79 Å². The van der Waals surface area contributed by atoms with Crippen molar-refractivity contribution in [1.82, 2.24) is 0 Å². The van der Waals surface area contributed by atoms with E-state index in [0.29, 0.717) is 0 Å². The fourth-order valence-corrected chi connectivity index (χ4v) is 3.12. The lowest BCUT2D eigenvalue weighted by molar-refractivity contribution is -0.111. The van der Waals surface area contributed by atoms with Crippen molar-refractivity contribution in [3.05, 3.63) is 82.3 Å². The molecule has 0 saturated heterocycles. The van der Waals surface area contributed by atoms with Crippen molar-refractivity contribution in [1.29, 1.82) is 0 Å². The Morgan fingerprint density at radius 3 is 2.48 bits per heavy atom. The van der Waals surface area contributed by atoms with Crippen LogP contribution in [0.3, 0.4) is 0 Å². The Balaban J connectivity index is 1.82. The monoisotopic (exact) mass is 395 g/mol. The predicted octanol–water partition coefficient (Wildman–Crippen LogP) is 4.95. The Labute approximate surface area is 152 Å². The molecule has 0 aromatic heterocycles. The second-order valence-electron chi connectivity index (χ2n) is 5.36. The van der Waals surface area contributed by atoms with E-state index in [1.807, 2.05) is 36.4 Å². The third kappa shape index (κ3) is 3.78. The summed E-state index contributed by atoms with van der Waals surface area (Å²) in [4.78, 5) is 23.3. The zero-order valence-corrected chi connectivity index (χ0v) is 14.7. The van der Waals surface area contributed by atoms with Crippen LogP contribution in [-0.4, -0.2) is 17.0 Å². The van der Waals surface area contributed by atoms with E-state index < -0.39 is 11.9 Å². The molecule has 5 heteroatoms. The van der Waals surface area contributed by atoms with Crippen molar-refractivity contribution in [3.8, 4) is 0 Å². The van der Waals surface area contributed by atoms with Crippen molar-refractivity contribution >= 4 is 50.3 Å². The molecular formula is C20H14BrNO3. The normalized spacial score (nSPS) is 10.9. The zero-order valence-electron chi connectivity index (χ0n) is 13.1. The number of benzene rings is 3. The molecule has 2 N–H and O–H groups in total. The topological polar surface area (TPSA) is 66.4 Å². The van der Waals surface area contributed by atoms with E-state index in [4.69, 9.17) is 5.11 Å². The molecular weight excluding hydrogens is 382 g/mol. The maximum atomic E-state index is 12.1. The number of carbonyl (C=O) groups is 2. The molecule has 0 fully saturated rings. The van der Waals surface area contributed by atoms with Gasteiger partial charge in [-0.3, -0.25) is 4.79 Å². The molecule has 0 bridgehead atoms. The Morgan fingerprint density at radius 2 is 1.68 bits per heavy atom. The van der Waals surface area contributed by atoms with Gasteiger partial charge in [0.2, 0.25) is 5.91 Å². The molecule has 0 heterocycles. The molecule has 1 amide bonds. The van der Waals surface area contributed by atoms with Crippen LogP contribution in [0, 0.1) is 0 Å². The van der Waals surface area contributed by atoms with Gasteiger partial charge in [-0.15, -0.1) is 0 Å². The molecule has 3 rings (SSSR count). The highest BCUT2D eigenvalue weighted by molar-refractivity contribution is 9.10. The van der Waals surface area contributed by atoms with Crippen LogP contribution in [0.4, 0.5) is 5.69 Å². The Morgan fingerprint density at radius 1 is 0.960 bits per heavy atom. The van der Waals surface area contributed by atoms with Gasteiger partial charge >= 0.3 is 5.97 Å². The van der Waals surface area contributed by atoms with Crippen LogP contribution in [0.1, 0.15) is 15.9 Å². The van der Waals surface area contributed by atoms with Crippen molar-refractivity contribution in [2.24, 2.45) is 0 Å². The molecule has 124 valence electrons. The number of hydrogen-bond donors (Lipinski definition) is 2. The SMILES string of the molecule is O=C(C=Cc1ccc2ccccc2c1Br)Nc1ccccc1C(=O)O. The van der Waals surface area contributed by atoms with E-state index in [1.54, 1.807) is 24.3 Å². The molecule has 3 aromatic rings. The number of anilines is 1. The summed E-state index contributed by atoms with van der Waals surface area (Å²) in [7, 11) is 0. The van der Waals surface area contributed by atoms with Gasteiger partial charge in [-0.1, -0.05) is 48.5 Å². The first kappa shape index (κ1) is 16.9. The van der Waals surface area contributed by atoms with Crippen LogP contribution in [0.2, 0.25) is 0 Å². The highest BCUT2D eigenvalue weighted by Gasteiger charge is 2.10. The van der Waals surface area contributed by atoms with E-state index in [1.165, 1.54) is 12.1 Å². The predicted molar refractivity (Wildman–Crippen MR) is 103 cm³/mol. The van der Waals surface area contributed by atoms with E-state index in [0.717, 1.165) is 20.8 Å². The number of para-hydroxylation sites is 1. The van der Waals surface area contributed by atoms with Gasteiger partial charge in [0.15, 0.2) is 0 Å². The summed E-state index contributed by atoms with van der Waals surface area (Å²) in [6.07, 6.45) is 3.07. The first-order chi connectivity index (χ1) is 12.1. The van der Waals surface area contributed by atoms with Gasteiger partial charge in [0, 0.05) is 10.5 Å². The van der Waals surface area contributed by atoms with E-state index >= 15 is 0 Å². The second kappa shape index (κ2) is 7.32. The van der Waals surface area contributed by atoms with Crippen molar-refractivity contribution in [2.75, 3.05) is 5.32 Å². The summed E-state index contributed by atoms with van der Waals surface area (Å²) in [5, 5.41) is 13.9. The van der Waals surface area contributed by atoms with Crippen LogP contribution in [0.15, 0.2) is 71.2 Å². The summed E-state index contributed by atoms with van der Waals surface area (Å²) in [6.45, 7) is 0. The molecule has 0 atom stereocenters. The van der Waals surface area contributed by atoms with Crippen molar-refractivity contribution in [2.45, 2.75) is 0 Å². The zero-order chi connectivity index (χ0) is 17.8. The molecule has 0 spiro atoms. The third-order valence-corrected chi connectivity index (χ3v) is 4.61. The number of aromatic carboxylic acids is 1. The number of nitrogens with one attached hydrogen (secondary N) is 1. The summed E-state index contributed by atoms with van der Waals surface area (Å²) < 4.78 is 0.903. The number of halogens is 1. The molecule has 0 radical (unpaired) electrons. The fraction of sp³-hybridized carbons (Fsp3) is 0. The molecule has 0 aliphatic heterocycles. The minimum Gasteiger partial charge on any atom is -0.478 e. The Kier molecular flexibility index (Phi) is 4.95. The van der Waals surface area contributed by atoms with Gasteiger partial charge in [0.05, 0.1) is 11.3 Å². The molecule has 3 aromatic carbocycles. The number of rotatable bonds is 4. The third-order valence-electron chi connectivity index (χ3n) is 3.72. The maximum absolute atomic E-state index is 12.1. The lowest BCUT2D eigenvalue weighted by atomic mass is 10.1. The van der Waals surface area contributed by atoms with Gasteiger partial charge < -0.3 is 10.4 Å². The summed E-state index contributed by atoms with van der Waals surface area (Å²) >= 11 is 3.57. The number of carboxylic acids is 1. The second-order valence-corrected chi connectivity index (χ2v) is 6.16. The highest BCUT2D eigenvalue weighted by atomic mass is 79.9. The highest BCUT2D eigenvalue weighted by Crippen LogP contribution is 2.28. The van der Waals surface area contributed by atoms with Gasteiger partial charge in [-0.05, 0) is 50.5 Å². The smallest absolute Gasteiger partial charge is 0.337 e. The average Bonchev–Trinajstić information content (AvgIpc) is 2.61. The first-order valence-corrected chi connectivity index (χ1v) is 8.34. The van der Waals surface area contributed by atoms with Crippen LogP contribution in [0.25, 0.3) is 16.8 Å². The summed E-state index contributed by atoms with van der Waals surface area (Å²) in [6, 6.07) is 18.1. The molecule has 0 saturated carbocycles. The molecule has 25 heavy (non-hydrogen) atoms. The standard InChI is InChI=1S/C20H14BrNO3/c21-19-14(10-9-13-5-1-2-6-15(13)19)11-12-18(23)22-17-8-4-3-7-16(17)20(24)25/h1-12H,(H,22,23)(H,24,25). The van der Waals surface area contributed by atoms with Crippen LogP contribution in [-0.2, 0) is 4.79 Å². The van der Waals surface area contributed by atoms with Gasteiger partial charge in [0.1, 0.15) is 0 Å². The number of hydrogen-bond acceptors (Lipinski definition) is 2. The molecule has 0 unspecified atom stereocenters. The van der Waals surface area contributed by atoms with Gasteiger partial charge in [0.25, 0.3) is 0 Å². The average molecular weight is 396 g/mol. The van der Waals surface area contributed by atoms with Crippen molar-refractivity contribution in [3.63, 3.8) is 0 Å². The van der Waals surface area contributed by atoms with Crippen molar-refractivity contribution < 1.29 is 14.7 Å². The Hall–Kier alpha value is -2.92. The maximum Gasteiger partial charge on any atom is 0.337 e. The van der Waals surface area contributed by atoms with E-state index in [9.17, 15) is 9.59 Å². The summed E-state index contributed by atoms with van der Waals surface area (Å²) in [5.74, 6) is -1.48. The number of amides is 1.